The molecule has 0 N–H and O–H groups in total. The van der Waals surface area contributed by atoms with Crippen LogP contribution in [0.1, 0.15) is 72.1 Å². The van der Waals surface area contributed by atoms with Crippen molar-refractivity contribution >= 4 is 5.97 Å². The second-order valence-corrected chi connectivity index (χ2v) is 4.44. The Morgan fingerprint density at radius 2 is 1.56 bits per heavy atom. The summed E-state index contributed by atoms with van der Waals surface area (Å²) in [6.07, 6.45) is 9.25. The number of carbonyl (C=O) groups is 1. The molecule has 0 saturated carbocycles. The average Bonchev–Trinajstić information content (AvgIpc) is 2.28. The zero-order valence-corrected chi connectivity index (χ0v) is 11.3. The van der Waals surface area contributed by atoms with Crippen LogP contribution >= 0.6 is 0 Å². The Morgan fingerprint density at radius 3 is 2.12 bits per heavy atom. The van der Waals surface area contributed by atoms with Crippen molar-refractivity contribution in [1.29, 1.82) is 0 Å². The lowest BCUT2D eigenvalue weighted by Crippen LogP contribution is -2.17. The van der Waals surface area contributed by atoms with Crippen molar-refractivity contribution in [3.05, 3.63) is 0 Å². The molecule has 96 valence electrons. The molecule has 0 rings (SSSR count). The Hall–Kier alpha value is -0.530. The molecule has 0 heterocycles. The van der Waals surface area contributed by atoms with E-state index >= 15 is 0 Å². The minimum absolute atomic E-state index is 0.0208. The third-order valence-corrected chi connectivity index (χ3v) is 2.93. The van der Waals surface area contributed by atoms with Gasteiger partial charge in [-0.25, -0.2) is 0 Å². The molecule has 2 nitrogen and oxygen atoms in total. The second kappa shape index (κ2) is 11.0. The van der Waals surface area contributed by atoms with Gasteiger partial charge in [0.2, 0.25) is 0 Å². The van der Waals surface area contributed by atoms with Crippen molar-refractivity contribution < 1.29 is 9.53 Å². The van der Waals surface area contributed by atoms with E-state index in [1.807, 2.05) is 6.92 Å². The maximum atomic E-state index is 11.7. The molecular weight excluding hydrogens is 200 g/mol. The van der Waals surface area contributed by atoms with E-state index in [0.717, 1.165) is 25.7 Å². The van der Waals surface area contributed by atoms with Gasteiger partial charge in [-0.05, 0) is 19.8 Å². The molecule has 1 atom stereocenters. The van der Waals surface area contributed by atoms with E-state index in [1.165, 1.54) is 25.7 Å². The van der Waals surface area contributed by atoms with Crippen LogP contribution in [0.2, 0.25) is 0 Å². The van der Waals surface area contributed by atoms with E-state index in [2.05, 4.69) is 13.8 Å². The highest BCUT2D eigenvalue weighted by Gasteiger charge is 2.18. The summed E-state index contributed by atoms with van der Waals surface area (Å²) >= 11 is 0. The summed E-state index contributed by atoms with van der Waals surface area (Å²) in [6.45, 7) is 6.77. The highest BCUT2D eigenvalue weighted by atomic mass is 16.5. The van der Waals surface area contributed by atoms with Crippen LogP contribution in [0.15, 0.2) is 0 Å². The van der Waals surface area contributed by atoms with Gasteiger partial charge in [-0.1, -0.05) is 52.4 Å². The molecule has 0 fully saturated rings. The number of rotatable bonds is 10. The van der Waals surface area contributed by atoms with Crippen LogP contribution in [0, 0.1) is 5.92 Å². The van der Waals surface area contributed by atoms with Crippen LogP contribution in [0.25, 0.3) is 0 Å². The predicted molar refractivity (Wildman–Crippen MR) is 68.4 cm³/mol. The van der Waals surface area contributed by atoms with Gasteiger partial charge in [0.1, 0.15) is 0 Å². The summed E-state index contributed by atoms with van der Waals surface area (Å²) in [6, 6.07) is 0. The molecule has 0 bridgehead atoms. The molecule has 0 aromatic rings. The summed E-state index contributed by atoms with van der Waals surface area (Å²) < 4.78 is 5.12. The maximum Gasteiger partial charge on any atom is 0.308 e. The SMILES string of the molecule is CCCCCCC(CCCC)C(=O)OCC. The zero-order chi connectivity index (χ0) is 12.2. The number of hydrogen-bond acceptors (Lipinski definition) is 2. The molecule has 0 spiro atoms. The maximum absolute atomic E-state index is 11.7. The first-order valence-electron chi connectivity index (χ1n) is 6.92. The first kappa shape index (κ1) is 15.5. The van der Waals surface area contributed by atoms with Crippen LogP contribution in [-0.2, 0) is 9.53 Å². The van der Waals surface area contributed by atoms with Crippen molar-refractivity contribution in [1.82, 2.24) is 0 Å². The summed E-state index contributed by atoms with van der Waals surface area (Å²) in [5.74, 6) is 0.171. The van der Waals surface area contributed by atoms with Crippen molar-refractivity contribution in [3.63, 3.8) is 0 Å². The fourth-order valence-electron chi connectivity index (χ4n) is 1.91. The van der Waals surface area contributed by atoms with Crippen molar-refractivity contribution in [2.75, 3.05) is 6.61 Å². The number of unbranched alkanes of at least 4 members (excludes halogenated alkanes) is 4. The summed E-state index contributed by atoms with van der Waals surface area (Å²) in [7, 11) is 0. The van der Waals surface area contributed by atoms with E-state index in [4.69, 9.17) is 4.74 Å². The van der Waals surface area contributed by atoms with E-state index in [9.17, 15) is 4.79 Å². The van der Waals surface area contributed by atoms with Gasteiger partial charge in [0, 0.05) is 0 Å². The van der Waals surface area contributed by atoms with Crippen LogP contribution in [-0.4, -0.2) is 12.6 Å². The molecule has 0 aromatic heterocycles. The summed E-state index contributed by atoms with van der Waals surface area (Å²) in [5, 5.41) is 0. The van der Waals surface area contributed by atoms with Gasteiger partial charge in [0.25, 0.3) is 0 Å². The fourth-order valence-corrected chi connectivity index (χ4v) is 1.91. The fraction of sp³-hybridized carbons (Fsp3) is 0.929. The Kier molecular flexibility index (Phi) is 10.6. The van der Waals surface area contributed by atoms with Crippen molar-refractivity contribution in [2.24, 2.45) is 5.92 Å². The largest absolute Gasteiger partial charge is 0.466 e. The standard InChI is InChI=1S/C14H28O2/c1-4-7-9-10-12-13(11-8-5-2)14(15)16-6-3/h13H,4-12H2,1-3H3. The third-order valence-electron chi connectivity index (χ3n) is 2.93. The van der Waals surface area contributed by atoms with E-state index in [-0.39, 0.29) is 11.9 Å². The van der Waals surface area contributed by atoms with Gasteiger partial charge in [-0.2, -0.15) is 0 Å². The van der Waals surface area contributed by atoms with Crippen LogP contribution in [0.5, 0.6) is 0 Å². The first-order valence-corrected chi connectivity index (χ1v) is 6.92. The highest BCUT2D eigenvalue weighted by Crippen LogP contribution is 2.18. The minimum atomic E-state index is 0.0208. The lowest BCUT2D eigenvalue weighted by molar-refractivity contribution is -0.148. The molecule has 16 heavy (non-hydrogen) atoms. The molecule has 0 radical (unpaired) electrons. The van der Waals surface area contributed by atoms with Gasteiger partial charge in [0.15, 0.2) is 0 Å². The molecule has 0 aliphatic heterocycles. The monoisotopic (exact) mass is 228 g/mol. The van der Waals surface area contributed by atoms with Gasteiger partial charge >= 0.3 is 5.97 Å². The first-order chi connectivity index (χ1) is 7.76. The van der Waals surface area contributed by atoms with Gasteiger partial charge in [-0.3, -0.25) is 4.79 Å². The van der Waals surface area contributed by atoms with E-state index < -0.39 is 0 Å². The number of hydrogen-bond donors (Lipinski definition) is 0. The second-order valence-electron chi connectivity index (χ2n) is 4.44. The molecule has 0 saturated heterocycles. The molecular formula is C14H28O2. The smallest absolute Gasteiger partial charge is 0.308 e. The van der Waals surface area contributed by atoms with Crippen LogP contribution < -0.4 is 0 Å². The quantitative estimate of drug-likeness (QED) is 0.411. The normalized spacial score (nSPS) is 12.4. The van der Waals surface area contributed by atoms with Gasteiger partial charge in [0.05, 0.1) is 12.5 Å². The van der Waals surface area contributed by atoms with E-state index in [0.29, 0.717) is 6.61 Å². The summed E-state index contributed by atoms with van der Waals surface area (Å²) in [5.41, 5.74) is 0. The Bertz CT molecular complexity index is 166. The topological polar surface area (TPSA) is 26.3 Å². The molecule has 2 heteroatoms. The lowest BCUT2D eigenvalue weighted by atomic mass is 9.95. The highest BCUT2D eigenvalue weighted by molar-refractivity contribution is 5.72. The Labute approximate surface area is 101 Å². The number of carbonyl (C=O) groups excluding carboxylic acids is 1. The summed E-state index contributed by atoms with van der Waals surface area (Å²) in [4.78, 5) is 11.7. The molecule has 0 aliphatic rings. The Morgan fingerprint density at radius 1 is 0.938 bits per heavy atom. The van der Waals surface area contributed by atoms with Gasteiger partial charge in [-0.15, -0.1) is 0 Å². The predicted octanol–water partition coefficient (Wildman–Crippen LogP) is 4.33. The van der Waals surface area contributed by atoms with Crippen molar-refractivity contribution in [2.45, 2.75) is 72.1 Å². The van der Waals surface area contributed by atoms with Gasteiger partial charge < -0.3 is 4.74 Å². The van der Waals surface area contributed by atoms with Crippen LogP contribution in [0.4, 0.5) is 0 Å². The Balaban J connectivity index is 3.84. The average molecular weight is 228 g/mol. The van der Waals surface area contributed by atoms with E-state index in [1.54, 1.807) is 0 Å². The molecule has 0 aliphatic carbocycles. The van der Waals surface area contributed by atoms with Crippen molar-refractivity contribution in [3.8, 4) is 0 Å². The number of ether oxygens (including phenoxy) is 1. The zero-order valence-electron chi connectivity index (χ0n) is 11.3. The lowest BCUT2D eigenvalue weighted by Gasteiger charge is -2.14. The van der Waals surface area contributed by atoms with Crippen LogP contribution in [0.3, 0.4) is 0 Å². The molecule has 0 amide bonds. The molecule has 0 aromatic carbocycles. The number of esters is 1. The third kappa shape index (κ3) is 7.72. The molecule has 1 unspecified atom stereocenters. The minimum Gasteiger partial charge on any atom is -0.466 e.